The van der Waals surface area contributed by atoms with Gasteiger partial charge in [0, 0.05) is 19.1 Å². The molecule has 8 nitrogen and oxygen atoms in total. The van der Waals surface area contributed by atoms with Crippen molar-refractivity contribution in [2.45, 2.75) is 37.8 Å². The van der Waals surface area contributed by atoms with Crippen LogP contribution in [0.25, 0.3) is 0 Å². The Kier molecular flexibility index (Phi) is 6.39. The molecule has 2 heterocycles. The van der Waals surface area contributed by atoms with E-state index in [1.54, 1.807) is 12.1 Å². The predicted octanol–water partition coefficient (Wildman–Crippen LogP) is 2.80. The first-order valence-electron chi connectivity index (χ1n) is 10.4. The van der Waals surface area contributed by atoms with Crippen molar-refractivity contribution in [2.75, 3.05) is 19.8 Å². The Morgan fingerprint density at radius 1 is 1.19 bits per heavy atom. The largest absolute Gasteiger partial charge is 0.487 e. The summed E-state index contributed by atoms with van der Waals surface area (Å²) in [6, 6.07) is 9.83. The average Bonchev–Trinajstić information content (AvgIpc) is 3.26. The van der Waals surface area contributed by atoms with Gasteiger partial charge in [0.05, 0.1) is 11.7 Å². The van der Waals surface area contributed by atoms with Gasteiger partial charge in [-0.25, -0.2) is 4.79 Å². The van der Waals surface area contributed by atoms with E-state index in [0.717, 1.165) is 43.5 Å². The number of nitrogens with two attached hydrogens (primary N) is 1. The minimum atomic E-state index is -0.999. The molecular weight excluding hydrogens is 400 g/mol. The van der Waals surface area contributed by atoms with Gasteiger partial charge >= 0.3 is 5.97 Å². The van der Waals surface area contributed by atoms with E-state index >= 15 is 0 Å². The molecule has 1 amide bonds. The highest BCUT2D eigenvalue weighted by Gasteiger charge is 2.25. The summed E-state index contributed by atoms with van der Waals surface area (Å²) in [6.45, 7) is 1.92. The van der Waals surface area contributed by atoms with Crippen molar-refractivity contribution in [1.82, 2.24) is 5.32 Å². The SMILES string of the molecule is NC(=O)C[C@H]1NCCc2cc(OCC3CCCO3)c(Oc3ccc(C(=O)O)cc3)cc21. The Bertz CT molecular complexity index is 953. The van der Waals surface area contributed by atoms with Gasteiger partial charge < -0.3 is 30.4 Å². The van der Waals surface area contributed by atoms with Crippen molar-refractivity contribution >= 4 is 11.9 Å². The quantitative estimate of drug-likeness (QED) is 0.594. The van der Waals surface area contributed by atoms with Crippen LogP contribution in [0.5, 0.6) is 17.2 Å². The number of aromatic carboxylic acids is 1. The van der Waals surface area contributed by atoms with Crippen LogP contribution in [0.15, 0.2) is 36.4 Å². The number of amides is 1. The maximum Gasteiger partial charge on any atom is 0.335 e. The number of carboxylic acid groups (broad SMARTS) is 1. The molecule has 0 radical (unpaired) electrons. The number of carboxylic acids is 1. The lowest BCUT2D eigenvalue weighted by molar-refractivity contribution is -0.118. The summed E-state index contributed by atoms with van der Waals surface area (Å²) in [6.07, 6.45) is 3.04. The Labute approximate surface area is 180 Å². The number of primary amides is 1. The summed E-state index contributed by atoms with van der Waals surface area (Å²) >= 11 is 0. The van der Waals surface area contributed by atoms with Crippen molar-refractivity contribution in [3.05, 3.63) is 53.1 Å². The third kappa shape index (κ3) is 5.15. The van der Waals surface area contributed by atoms with Crippen molar-refractivity contribution in [1.29, 1.82) is 0 Å². The summed E-state index contributed by atoms with van der Waals surface area (Å²) in [5, 5.41) is 12.4. The standard InChI is InChI=1S/C23H26N2O6/c24-22(26)12-19-18-11-21(31-16-5-3-14(4-6-16)23(27)28)20(10-15(18)7-8-25-19)30-13-17-2-1-9-29-17/h3-6,10-11,17,19,25H,1-2,7-9,12-13H2,(H2,24,26)(H,27,28)/t17?,19-/m1/s1. The van der Waals surface area contributed by atoms with E-state index in [9.17, 15) is 9.59 Å². The lowest BCUT2D eigenvalue weighted by Gasteiger charge is -2.28. The average molecular weight is 426 g/mol. The molecule has 4 N–H and O–H groups in total. The molecule has 31 heavy (non-hydrogen) atoms. The van der Waals surface area contributed by atoms with E-state index in [4.69, 9.17) is 25.1 Å². The molecule has 4 rings (SSSR count). The summed E-state index contributed by atoms with van der Waals surface area (Å²) in [7, 11) is 0. The highest BCUT2D eigenvalue weighted by Crippen LogP contribution is 2.39. The lowest BCUT2D eigenvalue weighted by atomic mass is 9.91. The number of hydrogen-bond donors (Lipinski definition) is 3. The third-order valence-corrected chi connectivity index (χ3v) is 5.55. The smallest absolute Gasteiger partial charge is 0.335 e. The highest BCUT2D eigenvalue weighted by atomic mass is 16.5. The molecule has 0 saturated carbocycles. The van der Waals surface area contributed by atoms with Crippen LogP contribution in [0.2, 0.25) is 0 Å². The van der Waals surface area contributed by atoms with E-state index in [0.29, 0.717) is 23.9 Å². The topological polar surface area (TPSA) is 120 Å². The Hall–Kier alpha value is -3.10. The van der Waals surface area contributed by atoms with Crippen LogP contribution < -0.4 is 20.5 Å². The van der Waals surface area contributed by atoms with Crippen molar-refractivity contribution in [2.24, 2.45) is 5.73 Å². The molecule has 0 aliphatic carbocycles. The van der Waals surface area contributed by atoms with Crippen molar-refractivity contribution in [3.63, 3.8) is 0 Å². The lowest BCUT2D eigenvalue weighted by Crippen LogP contribution is -2.33. The maximum absolute atomic E-state index is 11.5. The van der Waals surface area contributed by atoms with Gasteiger partial charge in [-0.05, 0) is 73.3 Å². The second kappa shape index (κ2) is 9.36. The summed E-state index contributed by atoms with van der Waals surface area (Å²) in [5.74, 6) is 0.202. The zero-order valence-electron chi connectivity index (χ0n) is 17.1. The van der Waals surface area contributed by atoms with Crippen LogP contribution in [0.3, 0.4) is 0 Å². The molecule has 1 fully saturated rings. The van der Waals surface area contributed by atoms with Gasteiger partial charge in [0.2, 0.25) is 5.91 Å². The molecule has 164 valence electrons. The second-order valence-corrected chi connectivity index (χ2v) is 7.80. The monoisotopic (exact) mass is 426 g/mol. The first kappa shape index (κ1) is 21.1. The zero-order chi connectivity index (χ0) is 21.8. The van der Waals surface area contributed by atoms with Crippen molar-refractivity contribution in [3.8, 4) is 17.2 Å². The van der Waals surface area contributed by atoms with Crippen LogP contribution in [-0.2, 0) is 16.0 Å². The van der Waals surface area contributed by atoms with Gasteiger partial charge in [-0.2, -0.15) is 0 Å². The van der Waals surface area contributed by atoms with Gasteiger partial charge in [-0.1, -0.05) is 0 Å². The van der Waals surface area contributed by atoms with Gasteiger partial charge in [0.1, 0.15) is 12.4 Å². The van der Waals surface area contributed by atoms with Crippen LogP contribution in [-0.4, -0.2) is 42.8 Å². The number of ether oxygens (including phenoxy) is 3. The van der Waals surface area contributed by atoms with Crippen LogP contribution in [0, 0.1) is 0 Å². The van der Waals surface area contributed by atoms with E-state index in [1.807, 2.05) is 12.1 Å². The molecule has 8 heteroatoms. The van der Waals surface area contributed by atoms with E-state index in [-0.39, 0.29) is 30.0 Å². The highest BCUT2D eigenvalue weighted by molar-refractivity contribution is 5.87. The van der Waals surface area contributed by atoms with Gasteiger partial charge in [-0.3, -0.25) is 4.79 Å². The Balaban J connectivity index is 1.63. The number of rotatable bonds is 8. The summed E-state index contributed by atoms with van der Waals surface area (Å²) in [5.41, 5.74) is 7.65. The molecule has 0 bridgehead atoms. The maximum atomic E-state index is 11.5. The minimum Gasteiger partial charge on any atom is -0.487 e. The number of fused-ring (bicyclic) bond motifs is 1. The first-order valence-corrected chi connectivity index (χ1v) is 10.4. The number of carbonyl (C=O) groups is 2. The van der Waals surface area contributed by atoms with Gasteiger partial charge in [0.15, 0.2) is 11.5 Å². The first-order chi connectivity index (χ1) is 15.0. The summed E-state index contributed by atoms with van der Waals surface area (Å²) in [4.78, 5) is 22.6. The summed E-state index contributed by atoms with van der Waals surface area (Å²) < 4.78 is 17.8. The fourth-order valence-corrected chi connectivity index (χ4v) is 3.98. The normalized spacial score (nSPS) is 20.1. The van der Waals surface area contributed by atoms with E-state index < -0.39 is 5.97 Å². The Morgan fingerprint density at radius 2 is 2.00 bits per heavy atom. The van der Waals surface area contributed by atoms with Crippen LogP contribution in [0.1, 0.15) is 46.8 Å². The Morgan fingerprint density at radius 3 is 2.68 bits per heavy atom. The van der Waals surface area contributed by atoms with Crippen molar-refractivity contribution < 1.29 is 28.9 Å². The molecule has 0 aromatic heterocycles. The molecule has 2 aliphatic heterocycles. The van der Waals surface area contributed by atoms with Gasteiger partial charge in [0.25, 0.3) is 0 Å². The molecule has 1 unspecified atom stereocenters. The number of benzene rings is 2. The number of hydrogen-bond acceptors (Lipinski definition) is 6. The molecule has 2 aliphatic rings. The molecule has 2 atom stereocenters. The van der Waals surface area contributed by atoms with Crippen LogP contribution in [0.4, 0.5) is 0 Å². The molecule has 0 spiro atoms. The third-order valence-electron chi connectivity index (χ3n) is 5.55. The second-order valence-electron chi connectivity index (χ2n) is 7.80. The van der Waals surface area contributed by atoms with Crippen LogP contribution >= 0.6 is 0 Å². The number of carbonyl (C=O) groups excluding carboxylic acids is 1. The molecule has 1 saturated heterocycles. The molecule has 2 aromatic rings. The molecular formula is C23H26N2O6. The van der Waals surface area contributed by atoms with E-state index in [1.165, 1.54) is 12.1 Å². The molecule has 2 aromatic carbocycles. The fourth-order valence-electron chi connectivity index (χ4n) is 3.98. The minimum absolute atomic E-state index is 0.0583. The predicted molar refractivity (Wildman–Crippen MR) is 113 cm³/mol. The number of nitrogens with one attached hydrogen (secondary N) is 1. The van der Waals surface area contributed by atoms with Gasteiger partial charge in [-0.15, -0.1) is 0 Å². The fraction of sp³-hybridized carbons (Fsp3) is 0.391. The van der Waals surface area contributed by atoms with E-state index in [2.05, 4.69) is 5.32 Å². The zero-order valence-corrected chi connectivity index (χ0v) is 17.1.